The van der Waals surface area contributed by atoms with Gasteiger partial charge in [0.1, 0.15) is 24.2 Å². The third kappa shape index (κ3) is 6.94. The molecule has 0 bridgehead atoms. The van der Waals surface area contributed by atoms with Crippen LogP contribution in [-0.4, -0.2) is 74.9 Å². The Morgan fingerprint density at radius 1 is 1.03 bits per heavy atom. The molecule has 0 radical (unpaired) electrons. The van der Waals surface area contributed by atoms with Crippen molar-refractivity contribution in [1.29, 1.82) is 0 Å². The molecule has 33 heavy (non-hydrogen) atoms. The molecule has 0 spiro atoms. The fraction of sp³-hybridized carbons (Fsp3) is 0.429. The van der Waals surface area contributed by atoms with Gasteiger partial charge in [-0.1, -0.05) is 18.2 Å². The number of carbonyl (C=O) groups is 4. The molecule has 0 aliphatic rings. The van der Waals surface area contributed by atoms with E-state index in [1.165, 1.54) is 13.8 Å². The number of aliphatic hydroxyl groups is 1. The molecule has 180 valence electrons. The number of benzene rings is 1. The average molecular weight is 480 g/mol. The van der Waals surface area contributed by atoms with E-state index in [1.807, 2.05) is 24.3 Å². The predicted molar refractivity (Wildman–Crippen MR) is 125 cm³/mol. The van der Waals surface area contributed by atoms with E-state index in [4.69, 9.17) is 5.73 Å². The lowest BCUT2D eigenvalue weighted by Gasteiger charge is -2.23. The Bertz CT molecular complexity index is 1010. The van der Waals surface area contributed by atoms with Crippen LogP contribution in [0.5, 0.6) is 0 Å². The molecule has 0 saturated carbocycles. The highest BCUT2D eigenvalue weighted by molar-refractivity contribution is 7.80. The maximum atomic E-state index is 12.6. The van der Waals surface area contributed by atoms with Crippen LogP contribution in [0, 0.1) is 0 Å². The Kier molecular flexibility index (Phi) is 9.26. The molecule has 12 heteroatoms. The molecule has 0 saturated heterocycles. The first-order valence-electron chi connectivity index (χ1n) is 10.3. The smallest absolute Gasteiger partial charge is 0.326 e. The van der Waals surface area contributed by atoms with Crippen molar-refractivity contribution >= 4 is 47.2 Å². The Morgan fingerprint density at radius 2 is 1.67 bits per heavy atom. The zero-order valence-electron chi connectivity index (χ0n) is 18.2. The standard InChI is InChI=1S/C21H29N5O6S/c1-10(24-19(29)16(9-33)26-20(30)17(22)11(2)27)18(28)25-15(21(31)32)7-12-8-23-14-6-4-3-5-13(12)14/h3-6,8,10-11,15-17,23,27,33H,7,9,22H2,1-2H3,(H,24,29)(H,25,28)(H,26,30)(H,31,32). The number of carboxylic acid groups (broad SMARTS) is 1. The van der Waals surface area contributed by atoms with Crippen LogP contribution in [0.4, 0.5) is 0 Å². The van der Waals surface area contributed by atoms with Gasteiger partial charge < -0.3 is 36.9 Å². The molecule has 1 aromatic carbocycles. The fourth-order valence-corrected chi connectivity index (χ4v) is 3.33. The topological polar surface area (TPSA) is 187 Å². The van der Waals surface area contributed by atoms with Crippen LogP contribution in [0.1, 0.15) is 19.4 Å². The van der Waals surface area contributed by atoms with E-state index in [2.05, 4.69) is 33.6 Å². The summed E-state index contributed by atoms with van der Waals surface area (Å²) >= 11 is 4.03. The maximum absolute atomic E-state index is 12.6. The van der Waals surface area contributed by atoms with Gasteiger partial charge in [0.25, 0.3) is 0 Å². The maximum Gasteiger partial charge on any atom is 0.326 e. The lowest BCUT2D eigenvalue weighted by molar-refractivity contribution is -0.142. The van der Waals surface area contributed by atoms with Gasteiger partial charge in [-0.2, -0.15) is 12.6 Å². The Hall–Kier alpha value is -3.09. The fourth-order valence-electron chi connectivity index (χ4n) is 3.08. The molecule has 1 aromatic heterocycles. The summed E-state index contributed by atoms with van der Waals surface area (Å²) in [5.41, 5.74) is 7.12. The van der Waals surface area contributed by atoms with Gasteiger partial charge in [0.05, 0.1) is 6.10 Å². The minimum Gasteiger partial charge on any atom is -0.480 e. The number of H-pyrrole nitrogens is 1. The molecule has 1 heterocycles. The number of rotatable bonds is 11. The lowest BCUT2D eigenvalue weighted by atomic mass is 10.0. The molecule has 5 atom stereocenters. The van der Waals surface area contributed by atoms with E-state index in [0.717, 1.165) is 16.5 Å². The third-order valence-electron chi connectivity index (χ3n) is 5.10. The zero-order valence-corrected chi connectivity index (χ0v) is 19.1. The van der Waals surface area contributed by atoms with Crippen molar-refractivity contribution in [2.45, 2.75) is 50.5 Å². The normalized spacial score (nSPS) is 15.7. The predicted octanol–water partition coefficient (Wildman–Crippen LogP) is -1.09. The monoisotopic (exact) mass is 479 g/mol. The number of carboxylic acids is 1. The van der Waals surface area contributed by atoms with Gasteiger partial charge in [-0.25, -0.2) is 4.79 Å². The third-order valence-corrected chi connectivity index (χ3v) is 5.47. The first-order valence-corrected chi connectivity index (χ1v) is 10.9. The van der Waals surface area contributed by atoms with Gasteiger partial charge in [-0.05, 0) is 25.5 Å². The van der Waals surface area contributed by atoms with Crippen molar-refractivity contribution < 1.29 is 29.4 Å². The summed E-state index contributed by atoms with van der Waals surface area (Å²) in [5, 5.41) is 27.0. The highest BCUT2D eigenvalue weighted by atomic mass is 32.1. The van der Waals surface area contributed by atoms with Crippen LogP contribution >= 0.6 is 12.6 Å². The molecule has 0 aliphatic carbocycles. The largest absolute Gasteiger partial charge is 0.480 e. The molecule has 11 nitrogen and oxygen atoms in total. The average Bonchev–Trinajstić information content (AvgIpc) is 3.18. The molecule has 5 unspecified atom stereocenters. The highest BCUT2D eigenvalue weighted by Crippen LogP contribution is 2.19. The summed E-state index contributed by atoms with van der Waals surface area (Å²) in [5.74, 6) is -3.47. The molecular weight excluding hydrogens is 450 g/mol. The number of fused-ring (bicyclic) bond motifs is 1. The number of para-hydroxylation sites is 1. The van der Waals surface area contributed by atoms with Gasteiger partial charge in [-0.15, -0.1) is 0 Å². The number of aliphatic hydroxyl groups excluding tert-OH is 1. The Labute approximate surface area is 195 Å². The summed E-state index contributed by atoms with van der Waals surface area (Å²) in [6.07, 6.45) is 0.609. The molecular formula is C21H29N5O6S. The number of carbonyl (C=O) groups excluding carboxylic acids is 3. The Morgan fingerprint density at radius 3 is 2.27 bits per heavy atom. The summed E-state index contributed by atoms with van der Waals surface area (Å²) < 4.78 is 0. The van der Waals surface area contributed by atoms with E-state index in [0.29, 0.717) is 0 Å². The number of aromatic nitrogens is 1. The molecule has 2 aromatic rings. The van der Waals surface area contributed by atoms with Crippen molar-refractivity contribution in [3.05, 3.63) is 36.0 Å². The summed E-state index contributed by atoms with van der Waals surface area (Å²) in [6, 6.07) is 2.73. The van der Waals surface area contributed by atoms with E-state index in [-0.39, 0.29) is 12.2 Å². The highest BCUT2D eigenvalue weighted by Gasteiger charge is 2.29. The number of hydrogen-bond acceptors (Lipinski definition) is 7. The minimum absolute atomic E-state index is 0.0400. The summed E-state index contributed by atoms with van der Waals surface area (Å²) in [7, 11) is 0. The van der Waals surface area contributed by atoms with E-state index < -0.39 is 54.0 Å². The molecule has 0 fully saturated rings. The van der Waals surface area contributed by atoms with Crippen molar-refractivity contribution in [2.24, 2.45) is 5.73 Å². The SMILES string of the molecule is CC(NC(=O)C(CS)NC(=O)C(N)C(C)O)C(=O)NC(Cc1c[nH]c2ccccc12)C(=O)O. The number of amides is 3. The van der Waals surface area contributed by atoms with Gasteiger partial charge in [0.2, 0.25) is 17.7 Å². The second kappa shape index (κ2) is 11.7. The molecule has 8 N–H and O–H groups in total. The lowest BCUT2D eigenvalue weighted by Crippen LogP contribution is -2.58. The van der Waals surface area contributed by atoms with Crippen molar-refractivity contribution in [2.75, 3.05) is 5.75 Å². The number of hydrogen-bond donors (Lipinski definition) is 8. The van der Waals surface area contributed by atoms with Gasteiger partial charge in [0, 0.05) is 29.3 Å². The summed E-state index contributed by atoms with van der Waals surface area (Å²) in [4.78, 5) is 51.8. The van der Waals surface area contributed by atoms with Crippen LogP contribution in [0.2, 0.25) is 0 Å². The number of nitrogens with one attached hydrogen (secondary N) is 4. The molecule has 0 aliphatic heterocycles. The van der Waals surface area contributed by atoms with Crippen molar-refractivity contribution in [3.63, 3.8) is 0 Å². The number of nitrogens with two attached hydrogens (primary N) is 1. The molecule has 2 rings (SSSR count). The second-order valence-corrected chi connectivity index (χ2v) is 8.07. The van der Waals surface area contributed by atoms with Crippen LogP contribution in [0.15, 0.2) is 30.5 Å². The Balaban J connectivity index is 1.99. The second-order valence-electron chi connectivity index (χ2n) is 7.70. The first-order chi connectivity index (χ1) is 15.5. The van der Waals surface area contributed by atoms with Gasteiger partial charge >= 0.3 is 5.97 Å². The van der Waals surface area contributed by atoms with Crippen molar-refractivity contribution in [3.8, 4) is 0 Å². The first kappa shape index (κ1) is 26.2. The van der Waals surface area contributed by atoms with E-state index >= 15 is 0 Å². The van der Waals surface area contributed by atoms with Gasteiger partial charge in [0.15, 0.2) is 0 Å². The van der Waals surface area contributed by atoms with Crippen LogP contribution in [-0.2, 0) is 25.6 Å². The number of aliphatic carboxylic acids is 1. The molecule has 3 amide bonds. The van der Waals surface area contributed by atoms with Crippen LogP contribution in [0.25, 0.3) is 10.9 Å². The summed E-state index contributed by atoms with van der Waals surface area (Å²) in [6.45, 7) is 2.72. The minimum atomic E-state index is -1.23. The van der Waals surface area contributed by atoms with E-state index in [1.54, 1.807) is 6.20 Å². The van der Waals surface area contributed by atoms with E-state index in [9.17, 15) is 29.4 Å². The van der Waals surface area contributed by atoms with Gasteiger partial charge in [-0.3, -0.25) is 14.4 Å². The van der Waals surface area contributed by atoms with Crippen LogP contribution < -0.4 is 21.7 Å². The zero-order chi connectivity index (χ0) is 24.7. The van der Waals surface area contributed by atoms with Crippen molar-refractivity contribution in [1.82, 2.24) is 20.9 Å². The number of aromatic amines is 1. The number of thiol groups is 1. The quantitative estimate of drug-likeness (QED) is 0.188. The van der Waals surface area contributed by atoms with Crippen LogP contribution in [0.3, 0.4) is 0 Å².